The van der Waals surface area contributed by atoms with Crippen LogP contribution in [-0.4, -0.2) is 38.3 Å². The van der Waals surface area contributed by atoms with Crippen molar-refractivity contribution in [1.82, 2.24) is 5.32 Å². The van der Waals surface area contributed by atoms with Crippen LogP contribution in [0.2, 0.25) is 0 Å². The Labute approximate surface area is 85.2 Å². The van der Waals surface area contributed by atoms with E-state index in [9.17, 15) is 4.79 Å². The van der Waals surface area contributed by atoms with Crippen LogP contribution in [0.4, 0.5) is 0 Å². The van der Waals surface area contributed by atoms with E-state index in [4.69, 9.17) is 16.2 Å². The fourth-order valence-electron chi connectivity index (χ4n) is 0.904. The van der Waals surface area contributed by atoms with E-state index in [1.165, 1.54) is 0 Å². The highest BCUT2D eigenvalue weighted by atomic mass is 16.5. The number of carbonyl (C=O) groups excluding carboxylic acids is 1. The number of ether oxygens (including phenoxy) is 1. The van der Waals surface area contributed by atoms with Gasteiger partial charge in [-0.1, -0.05) is 6.92 Å². The quantitative estimate of drug-likeness (QED) is 0.428. The molecule has 0 saturated heterocycles. The van der Waals surface area contributed by atoms with Gasteiger partial charge in [0.1, 0.15) is 0 Å². The van der Waals surface area contributed by atoms with Crippen molar-refractivity contribution in [2.75, 3.05) is 26.3 Å². The molecule has 0 spiro atoms. The average Bonchev–Trinajstić information content (AvgIpc) is 2.16. The summed E-state index contributed by atoms with van der Waals surface area (Å²) in [6.07, 6.45) is 1.96. The smallest absolute Gasteiger partial charge is 0.235 e. The summed E-state index contributed by atoms with van der Waals surface area (Å²) < 4.78 is 5.27. The van der Waals surface area contributed by atoms with Gasteiger partial charge in [0.05, 0.1) is 6.04 Å². The van der Waals surface area contributed by atoms with Gasteiger partial charge in [-0.2, -0.15) is 0 Å². The Morgan fingerprint density at radius 2 is 2.21 bits per heavy atom. The number of nitrogens with two attached hydrogens (primary N) is 2. The Morgan fingerprint density at radius 3 is 2.79 bits per heavy atom. The molecule has 84 valence electrons. The molecular formula is C9H21N3O2. The van der Waals surface area contributed by atoms with E-state index in [-0.39, 0.29) is 0 Å². The van der Waals surface area contributed by atoms with Crippen molar-refractivity contribution in [3.63, 3.8) is 0 Å². The maximum atomic E-state index is 10.5. The number of nitrogens with one attached hydrogen (secondary N) is 1. The predicted octanol–water partition coefficient (Wildman–Crippen LogP) is -0.795. The zero-order valence-corrected chi connectivity index (χ0v) is 8.79. The van der Waals surface area contributed by atoms with Crippen molar-refractivity contribution in [1.29, 1.82) is 0 Å². The van der Waals surface area contributed by atoms with Crippen molar-refractivity contribution in [3.05, 3.63) is 0 Å². The van der Waals surface area contributed by atoms with Gasteiger partial charge in [-0.25, -0.2) is 0 Å². The first kappa shape index (κ1) is 13.4. The van der Waals surface area contributed by atoms with Crippen molar-refractivity contribution in [2.24, 2.45) is 11.5 Å². The standard InChI is InChI=1S/C9H21N3O2/c1-2-5-14-6-3-4-12-7-8(10)9(11)13/h8,12H,2-7,10H2,1H3,(H2,11,13). The summed E-state index contributed by atoms with van der Waals surface area (Å²) in [5.74, 6) is -0.472. The zero-order valence-electron chi connectivity index (χ0n) is 8.79. The van der Waals surface area contributed by atoms with Crippen molar-refractivity contribution in [3.8, 4) is 0 Å². The van der Waals surface area contributed by atoms with E-state index >= 15 is 0 Å². The highest BCUT2D eigenvalue weighted by Crippen LogP contribution is 1.84. The molecule has 0 aliphatic heterocycles. The van der Waals surface area contributed by atoms with Gasteiger partial charge >= 0.3 is 0 Å². The molecule has 0 radical (unpaired) electrons. The highest BCUT2D eigenvalue weighted by molar-refractivity contribution is 5.79. The molecule has 0 aromatic heterocycles. The second-order valence-electron chi connectivity index (χ2n) is 3.18. The Kier molecular flexibility index (Phi) is 8.51. The predicted molar refractivity (Wildman–Crippen MR) is 55.8 cm³/mol. The Hall–Kier alpha value is -0.650. The molecule has 1 amide bonds. The first-order valence-corrected chi connectivity index (χ1v) is 5.01. The van der Waals surface area contributed by atoms with Crippen molar-refractivity contribution >= 4 is 5.91 Å². The van der Waals surface area contributed by atoms with Crippen LogP contribution in [0, 0.1) is 0 Å². The molecule has 0 aromatic rings. The largest absolute Gasteiger partial charge is 0.381 e. The molecule has 0 aliphatic rings. The summed E-state index contributed by atoms with van der Waals surface area (Å²) in [4.78, 5) is 10.5. The van der Waals surface area contributed by atoms with E-state index in [1.807, 2.05) is 0 Å². The van der Waals surface area contributed by atoms with Crippen LogP contribution in [0.3, 0.4) is 0 Å². The molecule has 14 heavy (non-hydrogen) atoms. The van der Waals surface area contributed by atoms with Gasteiger partial charge in [-0.3, -0.25) is 4.79 Å². The average molecular weight is 203 g/mol. The molecule has 0 saturated carbocycles. The lowest BCUT2D eigenvalue weighted by atomic mass is 10.3. The fraction of sp³-hybridized carbons (Fsp3) is 0.889. The van der Waals surface area contributed by atoms with Crippen LogP contribution < -0.4 is 16.8 Å². The van der Waals surface area contributed by atoms with Crippen LogP contribution in [-0.2, 0) is 9.53 Å². The lowest BCUT2D eigenvalue weighted by molar-refractivity contribution is -0.119. The van der Waals surface area contributed by atoms with Gasteiger partial charge in [0.25, 0.3) is 0 Å². The molecular weight excluding hydrogens is 182 g/mol. The van der Waals surface area contributed by atoms with Crippen LogP contribution in [0.1, 0.15) is 19.8 Å². The van der Waals surface area contributed by atoms with Gasteiger partial charge in [-0.15, -0.1) is 0 Å². The summed E-state index contributed by atoms with van der Waals surface area (Å²) in [5.41, 5.74) is 10.4. The second kappa shape index (κ2) is 8.93. The molecule has 5 nitrogen and oxygen atoms in total. The number of carbonyl (C=O) groups is 1. The first-order chi connectivity index (χ1) is 6.68. The lowest BCUT2D eigenvalue weighted by Gasteiger charge is -2.08. The first-order valence-electron chi connectivity index (χ1n) is 5.01. The summed E-state index contributed by atoms with van der Waals surface area (Å²) in [7, 11) is 0. The number of rotatable bonds is 9. The number of hydrogen-bond donors (Lipinski definition) is 3. The van der Waals surface area contributed by atoms with Crippen LogP contribution in [0.5, 0.6) is 0 Å². The molecule has 1 atom stereocenters. The third-order valence-corrected chi connectivity index (χ3v) is 1.72. The third-order valence-electron chi connectivity index (χ3n) is 1.72. The van der Waals surface area contributed by atoms with Gasteiger partial charge in [-0.05, 0) is 19.4 Å². The molecule has 0 bridgehead atoms. The molecule has 0 rings (SSSR count). The molecule has 5 heteroatoms. The minimum atomic E-state index is -0.591. The van der Waals surface area contributed by atoms with Crippen molar-refractivity contribution in [2.45, 2.75) is 25.8 Å². The van der Waals surface area contributed by atoms with E-state index in [2.05, 4.69) is 12.2 Å². The van der Waals surface area contributed by atoms with E-state index in [0.717, 1.165) is 32.6 Å². The maximum absolute atomic E-state index is 10.5. The number of primary amides is 1. The monoisotopic (exact) mass is 203 g/mol. The summed E-state index contributed by atoms with van der Waals surface area (Å²) in [5, 5.41) is 3.04. The van der Waals surface area contributed by atoms with E-state index in [1.54, 1.807) is 0 Å². The maximum Gasteiger partial charge on any atom is 0.235 e. The second-order valence-corrected chi connectivity index (χ2v) is 3.18. The van der Waals surface area contributed by atoms with Gasteiger partial charge in [0.15, 0.2) is 0 Å². The molecule has 0 fully saturated rings. The molecule has 0 heterocycles. The minimum absolute atomic E-state index is 0.434. The van der Waals surface area contributed by atoms with E-state index < -0.39 is 11.9 Å². The molecule has 5 N–H and O–H groups in total. The normalized spacial score (nSPS) is 12.7. The lowest BCUT2D eigenvalue weighted by Crippen LogP contribution is -2.44. The minimum Gasteiger partial charge on any atom is -0.381 e. The van der Waals surface area contributed by atoms with Gasteiger partial charge in [0, 0.05) is 19.8 Å². The summed E-state index contributed by atoms with van der Waals surface area (Å²) in [6, 6.07) is -0.591. The van der Waals surface area contributed by atoms with Crippen molar-refractivity contribution < 1.29 is 9.53 Å². The fourth-order valence-corrected chi connectivity index (χ4v) is 0.904. The van der Waals surface area contributed by atoms with Gasteiger partial charge in [0.2, 0.25) is 5.91 Å². The molecule has 1 unspecified atom stereocenters. The zero-order chi connectivity index (χ0) is 10.8. The third kappa shape index (κ3) is 7.97. The Morgan fingerprint density at radius 1 is 1.50 bits per heavy atom. The Balaban J connectivity index is 3.09. The highest BCUT2D eigenvalue weighted by Gasteiger charge is 2.06. The SMILES string of the molecule is CCCOCCCNCC(N)C(N)=O. The Bertz CT molecular complexity index is 153. The van der Waals surface area contributed by atoms with Crippen LogP contribution >= 0.6 is 0 Å². The topological polar surface area (TPSA) is 90.4 Å². The van der Waals surface area contributed by atoms with Gasteiger partial charge < -0.3 is 21.5 Å². The van der Waals surface area contributed by atoms with E-state index in [0.29, 0.717) is 6.54 Å². The van der Waals surface area contributed by atoms with Crippen LogP contribution in [0.15, 0.2) is 0 Å². The van der Waals surface area contributed by atoms with Crippen LogP contribution in [0.25, 0.3) is 0 Å². The molecule has 0 aromatic carbocycles. The number of amides is 1. The molecule has 0 aliphatic carbocycles. The summed E-state index contributed by atoms with van der Waals surface area (Å²) in [6.45, 7) is 4.85. The number of hydrogen-bond acceptors (Lipinski definition) is 4. The summed E-state index contributed by atoms with van der Waals surface area (Å²) >= 11 is 0.